The molecular weight excluding hydrogens is 460 g/mol. The van der Waals surface area contributed by atoms with Crippen LogP contribution < -0.4 is 5.32 Å². The van der Waals surface area contributed by atoms with Crippen LogP contribution in [-0.2, 0) is 28.3 Å². The first kappa shape index (κ1) is 26.9. The Bertz CT molecular complexity index is 1230. The Balaban J connectivity index is 1.77. The van der Waals surface area contributed by atoms with Crippen molar-refractivity contribution in [3.05, 3.63) is 59.9 Å². The van der Waals surface area contributed by atoms with Gasteiger partial charge in [0.1, 0.15) is 5.82 Å². The SMILES string of the molecule is CCC(CC)C(NC(=O)CCc1nc2cc(S(=O)(=O)N(CC)CC)ccc2n1C)c1ccccc1. The van der Waals surface area contributed by atoms with Crippen molar-refractivity contribution >= 4 is 27.0 Å². The summed E-state index contributed by atoms with van der Waals surface area (Å²) in [6.45, 7) is 8.81. The van der Waals surface area contributed by atoms with Crippen LogP contribution >= 0.6 is 0 Å². The number of carbonyl (C=O) groups excluding carboxylic acids is 1. The fourth-order valence-electron chi connectivity index (χ4n) is 4.69. The molecule has 2 aromatic carbocycles. The molecule has 1 N–H and O–H groups in total. The summed E-state index contributed by atoms with van der Waals surface area (Å²) in [7, 11) is -1.65. The molecule has 1 atom stereocenters. The number of fused-ring (bicyclic) bond motifs is 1. The summed E-state index contributed by atoms with van der Waals surface area (Å²) in [5.74, 6) is 1.11. The number of sulfonamides is 1. The van der Waals surface area contributed by atoms with Gasteiger partial charge in [-0.15, -0.1) is 0 Å². The van der Waals surface area contributed by atoms with Gasteiger partial charge in [-0.2, -0.15) is 4.31 Å². The number of aryl methyl sites for hydroxylation is 2. The number of hydrogen-bond donors (Lipinski definition) is 1. The summed E-state index contributed by atoms with van der Waals surface area (Å²) in [5, 5.41) is 3.25. The minimum atomic E-state index is -3.56. The number of hydrogen-bond acceptors (Lipinski definition) is 4. The highest BCUT2D eigenvalue weighted by Crippen LogP contribution is 2.28. The summed E-state index contributed by atoms with van der Waals surface area (Å²) >= 11 is 0. The highest BCUT2D eigenvalue weighted by Gasteiger charge is 2.24. The van der Waals surface area contributed by atoms with Crippen molar-refractivity contribution < 1.29 is 13.2 Å². The van der Waals surface area contributed by atoms with E-state index in [9.17, 15) is 13.2 Å². The molecule has 190 valence electrons. The van der Waals surface area contributed by atoms with E-state index in [0.717, 1.165) is 29.7 Å². The standard InChI is InChI=1S/C27H38N4O3S/c1-6-20(7-2)27(21-13-11-10-12-14-21)29-26(32)18-17-25-28-23-19-22(15-16-24(23)30(25)5)35(33,34)31(8-3)9-4/h10-16,19-20,27H,6-9,17-18H2,1-5H3,(H,29,32). The molecule has 1 aromatic heterocycles. The van der Waals surface area contributed by atoms with Crippen LogP contribution in [0.1, 0.15) is 64.4 Å². The first-order valence-electron chi connectivity index (χ1n) is 12.6. The average molecular weight is 499 g/mol. The van der Waals surface area contributed by atoms with Gasteiger partial charge >= 0.3 is 0 Å². The summed E-state index contributed by atoms with van der Waals surface area (Å²) < 4.78 is 29.2. The van der Waals surface area contributed by atoms with Crippen molar-refractivity contribution in [3.8, 4) is 0 Å². The van der Waals surface area contributed by atoms with E-state index in [1.165, 1.54) is 4.31 Å². The van der Waals surface area contributed by atoms with Gasteiger partial charge in [0, 0.05) is 33.0 Å². The van der Waals surface area contributed by atoms with Gasteiger partial charge in [0.25, 0.3) is 0 Å². The second-order valence-electron chi connectivity index (χ2n) is 8.86. The monoisotopic (exact) mass is 498 g/mol. The average Bonchev–Trinajstić information content (AvgIpc) is 3.18. The molecule has 8 heteroatoms. The van der Waals surface area contributed by atoms with E-state index in [2.05, 4.69) is 36.3 Å². The van der Waals surface area contributed by atoms with Crippen LogP contribution in [0.2, 0.25) is 0 Å². The molecule has 0 radical (unpaired) electrons. The lowest BCUT2D eigenvalue weighted by molar-refractivity contribution is -0.122. The van der Waals surface area contributed by atoms with E-state index in [0.29, 0.717) is 37.4 Å². The molecule has 0 bridgehead atoms. The van der Waals surface area contributed by atoms with E-state index in [1.807, 2.05) is 43.7 Å². The third kappa shape index (κ3) is 5.93. The lowest BCUT2D eigenvalue weighted by atomic mass is 9.88. The summed E-state index contributed by atoms with van der Waals surface area (Å²) in [6, 6.07) is 15.2. The lowest BCUT2D eigenvalue weighted by Gasteiger charge is -2.27. The van der Waals surface area contributed by atoms with Gasteiger partial charge in [0.15, 0.2) is 0 Å². The number of rotatable bonds is 12. The number of nitrogens with zero attached hydrogens (tertiary/aromatic N) is 3. The molecule has 0 saturated heterocycles. The summed E-state index contributed by atoms with van der Waals surface area (Å²) in [4.78, 5) is 17.9. The Morgan fingerprint density at radius 3 is 2.29 bits per heavy atom. The predicted molar refractivity (Wildman–Crippen MR) is 141 cm³/mol. The van der Waals surface area contributed by atoms with E-state index in [1.54, 1.807) is 18.2 Å². The zero-order valence-electron chi connectivity index (χ0n) is 21.5. The Hall–Kier alpha value is -2.71. The lowest BCUT2D eigenvalue weighted by Crippen LogP contribution is -2.33. The van der Waals surface area contributed by atoms with E-state index < -0.39 is 10.0 Å². The molecule has 1 unspecified atom stereocenters. The van der Waals surface area contributed by atoms with Gasteiger partial charge in [0.05, 0.1) is 22.0 Å². The molecule has 3 aromatic rings. The van der Waals surface area contributed by atoms with Crippen LogP contribution in [0.4, 0.5) is 0 Å². The van der Waals surface area contributed by atoms with Crippen LogP contribution in [0, 0.1) is 5.92 Å². The smallest absolute Gasteiger partial charge is 0.243 e. The zero-order chi connectivity index (χ0) is 25.6. The molecule has 0 aliphatic heterocycles. The molecule has 1 amide bonds. The van der Waals surface area contributed by atoms with Crippen molar-refractivity contribution in [3.63, 3.8) is 0 Å². The van der Waals surface area contributed by atoms with Gasteiger partial charge in [-0.3, -0.25) is 4.79 Å². The Morgan fingerprint density at radius 1 is 1.03 bits per heavy atom. The van der Waals surface area contributed by atoms with Crippen LogP contribution in [-0.4, -0.2) is 41.3 Å². The van der Waals surface area contributed by atoms with Crippen molar-refractivity contribution in [1.29, 1.82) is 0 Å². The number of amides is 1. The van der Waals surface area contributed by atoms with Crippen LogP contribution in [0.25, 0.3) is 11.0 Å². The Labute approximate surface area is 209 Å². The molecule has 1 heterocycles. The third-order valence-electron chi connectivity index (χ3n) is 6.86. The molecule has 7 nitrogen and oxygen atoms in total. The third-order valence-corrected chi connectivity index (χ3v) is 8.90. The second-order valence-corrected chi connectivity index (χ2v) is 10.8. The molecule has 0 spiro atoms. The fourth-order valence-corrected chi connectivity index (χ4v) is 6.17. The van der Waals surface area contributed by atoms with Crippen LogP contribution in [0.3, 0.4) is 0 Å². The minimum absolute atomic E-state index is 0.0115. The van der Waals surface area contributed by atoms with Crippen LogP contribution in [0.15, 0.2) is 53.4 Å². The molecule has 0 aliphatic carbocycles. The number of nitrogens with one attached hydrogen (secondary N) is 1. The van der Waals surface area contributed by atoms with Gasteiger partial charge < -0.3 is 9.88 Å². The number of carbonyl (C=O) groups is 1. The van der Waals surface area contributed by atoms with Crippen molar-refractivity contribution in [1.82, 2.24) is 19.2 Å². The number of aromatic nitrogens is 2. The maximum Gasteiger partial charge on any atom is 0.243 e. The largest absolute Gasteiger partial charge is 0.349 e. The summed E-state index contributed by atoms with van der Waals surface area (Å²) in [6.07, 6.45) is 2.75. The van der Waals surface area contributed by atoms with E-state index >= 15 is 0 Å². The number of benzene rings is 2. The number of imidazole rings is 1. The van der Waals surface area contributed by atoms with Crippen molar-refractivity contribution in [2.24, 2.45) is 13.0 Å². The maximum atomic E-state index is 13.0. The maximum absolute atomic E-state index is 13.0. The second kappa shape index (κ2) is 11.8. The molecule has 0 aliphatic rings. The molecule has 0 fully saturated rings. The topological polar surface area (TPSA) is 84.3 Å². The van der Waals surface area contributed by atoms with Gasteiger partial charge in [-0.1, -0.05) is 70.9 Å². The molecule has 35 heavy (non-hydrogen) atoms. The van der Waals surface area contributed by atoms with Gasteiger partial charge in [-0.25, -0.2) is 13.4 Å². The normalized spacial score (nSPS) is 13.0. The first-order valence-corrected chi connectivity index (χ1v) is 14.0. The predicted octanol–water partition coefficient (Wildman–Crippen LogP) is 4.83. The zero-order valence-corrected chi connectivity index (χ0v) is 22.3. The Morgan fingerprint density at radius 2 is 1.69 bits per heavy atom. The summed E-state index contributed by atoms with van der Waals surface area (Å²) in [5.41, 5.74) is 2.59. The Kier molecular flexibility index (Phi) is 9.08. The quantitative estimate of drug-likeness (QED) is 0.388. The fraction of sp³-hybridized carbons (Fsp3) is 0.481. The molecular formula is C27H38N4O3S. The highest BCUT2D eigenvalue weighted by atomic mass is 32.2. The molecule has 0 saturated carbocycles. The highest BCUT2D eigenvalue weighted by molar-refractivity contribution is 7.89. The first-order chi connectivity index (χ1) is 16.8. The van der Waals surface area contributed by atoms with E-state index in [-0.39, 0.29) is 16.8 Å². The van der Waals surface area contributed by atoms with Crippen LogP contribution in [0.5, 0.6) is 0 Å². The minimum Gasteiger partial charge on any atom is -0.349 e. The van der Waals surface area contributed by atoms with Gasteiger partial charge in [-0.05, 0) is 29.7 Å². The van der Waals surface area contributed by atoms with Crippen molar-refractivity contribution in [2.75, 3.05) is 13.1 Å². The van der Waals surface area contributed by atoms with Gasteiger partial charge in [0.2, 0.25) is 15.9 Å². The van der Waals surface area contributed by atoms with Crippen molar-refractivity contribution in [2.45, 2.75) is 64.3 Å². The molecule has 3 rings (SSSR count). The van der Waals surface area contributed by atoms with E-state index in [4.69, 9.17) is 0 Å².